The highest BCUT2D eigenvalue weighted by Gasteiger charge is 2.42. The Balaban J connectivity index is 1.82. The molecule has 2 aromatic heterocycles. The van der Waals surface area contributed by atoms with Crippen LogP contribution in [0, 0.1) is 0 Å². The number of rotatable bonds is 8. The Bertz CT molecular complexity index is 1880. The van der Waals surface area contributed by atoms with Crippen molar-refractivity contribution in [2.75, 3.05) is 7.11 Å². The summed E-state index contributed by atoms with van der Waals surface area (Å²) in [7, 11) is 1.39. The number of carbonyl (C=O) groups excluding carboxylic acids is 3. The summed E-state index contributed by atoms with van der Waals surface area (Å²) in [5.41, 5.74) is 6.48. The number of ether oxygens (including phenoxy) is 2. The van der Waals surface area contributed by atoms with Crippen molar-refractivity contribution in [2.45, 2.75) is 47.5 Å². The molecule has 1 aliphatic carbocycles. The van der Waals surface area contributed by atoms with Gasteiger partial charge in [0.25, 0.3) is 0 Å². The van der Waals surface area contributed by atoms with Gasteiger partial charge in [-0.1, -0.05) is 59.7 Å². The SMILES string of the molecule is COC1=C(c2c(CC=C(C)C)[nH]c3ccccc23)C(=O)C(OC(C)=O)=C(c2c(CC=C(C)C)[nH]c3ccccc23)C1=O. The van der Waals surface area contributed by atoms with Gasteiger partial charge >= 0.3 is 5.97 Å². The van der Waals surface area contributed by atoms with Crippen LogP contribution in [-0.4, -0.2) is 34.6 Å². The Hall–Kier alpha value is -4.91. The first-order valence-electron chi connectivity index (χ1n) is 13.9. The van der Waals surface area contributed by atoms with Crippen molar-refractivity contribution < 1.29 is 23.9 Å². The third-order valence-electron chi connectivity index (χ3n) is 7.27. The largest absolute Gasteiger partial charge is 0.492 e. The van der Waals surface area contributed by atoms with Gasteiger partial charge < -0.3 is 19.4 Å². The van der Waals surface area contributed by atoms with E-state index in [0.717, 1.165) is 44.3 Å². The predicted molar refractivity (Wildman–Crippen MR) is 165 cm³/mol. The van der Waals surface area contributed by atoms with Crippen molar-refractivity contribution in [3.8, 4) is 0 Å². The van der Waals surface area contributed by atoms with Crippen LogP contribution in [0.4, 0.5) is 0 Å². The number of hydrogen-bond acceptors (Lipinski definition) is 5. The molecule has 2 aromatic carbocycles. The van der Waals surface area contributed by atoms with E-state index >= 15 is 0 Å². The number of fused-ring (bicyclic) bond motifs is 2. The molecule has 0 aliphatic heterocycles. The molecule has 0 radical (unpaired) electrons. The lowest BCUT2D eigenvalue weighted by Gasteiger charge is -2.23. The maximum atomic E-state index is 14.6. The molecule has 214 valence electrons. The van der Waals surface area contributed by atoms with Gasteiger partial charge in [0, 0.05) is 64.1 Å². The fourth-order valence-corrected chi connectivity index (χ4v) is 5.44. The maximum absolute atomic E-state index is 14.6. The lowest BCUT2D eigenvalue weighted by molar-refractivity contribution is -0.139. The zero-order valence-corrected chi connectivity index (χ0v) is 24.7. The highest BCUT2D eigenvalue weighted by atomic mass is 16.5. The molecule has 0 saturated carbocycles. The Morgan fingerprint density at radius 2 is 1.12 bits per heavy atom. The van der Waals surface area contributed by atoms with Crippen LogP contribution in [0.15, 0.2) is 83.3 Å². The van der Waals surface area contributed by atoms with Crippen molar-refractivity contribution in [3.63, 3.8) is 0 Å². The molecule has 0 amide bonds. The van der Waals surface area contributed by atoms with E-state index in [2.05, 4.69) is 9.97 Å². The minimum Gasteiger partial charge on any atom is -0.492 e. The second kappa shape index (κ2) is 11.5. The maximum Gasteiger partial charge on any atom is 0.308 e. The topological polar surface area (TPSA) is 101 Å². The molecular weight excluding hydrogens is 528 g/mol. The Labute approximate surface area is 244 Å². The molecule has 5 rings (SSSR count). The summed E-state index contributed by atoms with van der Waals surface area (Å²) in [5, 5.41) is 1.51. The molecule has 42 heavy (non-hydrogen) atoms. The molecule has 7 nitrogen and oxygen atoms in total. The minimum atomic E-state index is -0.696. The molecule has 7 heteroatoms. The molecular formula is C35H34N2O5. The number of esters is 1. The summed E-state index contributed by atoms with van der Waals surface area (Å²) in [6, 6.07) is 15.1. The lowest BCUT2D eigenvalue weighted by Crippen LogP contribution is -2.26. The predicted octanol–water partition coefficient (Wildman–Crippen LogP) is 7.15. The summed E-state index contributed by atoms with van der Waals surface area (Å²) in [4.78, 5) is 48.3. The first-order valence-corrected chi connectivity index (χ1v) is 13.9. The summed E-state index contributed by atoms with van der Waals surface area (Å²) in [6.07, 6.45) is 5.07. The normalized spacial score (nSPS) is 13.7. The van der Waals surface area contributed by atoms with Gasteiger partial charge in [-0.25, -0.2) is 0 Å². The van der Waals surface area contributed by atoms with Crippen molar-refractivity contribution in [1.29, 1.82) is 0 Å². The minimum absolute atomic E-state index is 0.0103. The second-order valence-corrected chi connectivity index (χ2v) is 10.9. The van der Waals surface area contributed by atoms with Crippen LogP contribution in [0.5, 0.6) is 0 Å². The van der Waals surface area contributed by atoms with E-state index < -0.39 is 17.5 Å². The smallest absolute Gasteiger partial charge is 0.308 e. The second-order valence-electron chi connectivity index (χ2n) is 10.9. The number of hydrogen-bond donors (Lipinski definition) is 2. The summed E-state index contributed by atoms with van der Waals surface area (Å²) < 4.78 is 11.4. The average Bonchev–Trinajstić information content (AvgIpc) is 3.50. The number of ketones is 2. The Kier molecular flexibility index (Phi) is 7.85. The first-order chi connectivity index (χ1) is 20.1. The van der Waals surface area contributed by atoms with E-state index in [0.29, 0.717) is 24.0 Å². The van der Waals surface area contributed by atoms with E-state index in [1.54, 1.807) is 0 Å². The van der Waals surface area contributed by atoms with E-state index in [4.69, 9.17) is 9.47 Å². The molecule has 2 heterocycles. The molecule has 0 saturated heterocycles. The van der Waals surface area contributed by atoms with Crippen LogP contribution in [0.1, 0.15) is 57.1 Å². The molecule has 0 spiro atoms. The van der Waals surface area contributed by atoms with Crippen molar-refractivity contribution >= 4 is 50.5 Å². The molecule has 4 aromatic rings. The number of allylic oxidation sites excluding steroid dienone is 6. The molecule has 0 atom stereocenters. The van der Waals surface area contributed by atoms with Crippen molar-refractivity contribution in [2.24, 2.45) is 0 Å². The number of H-pyrrole nitrogens is 2. The molecule has 0 fully saturated rings. The van der Waals surface area contributed by atoms with Crippen LogP contribution >= 0.6 is 0 Å². The molecule has 2 N–H and O–H groups in total. The van der Waals surface area contributed by atoms with E-state index in [1.807, 2.05) is 88.4 Å². The van der Waals surface area contributed by atoms with E-state index in [9.17, 15) is 14.4 Å². The quantitative estimate of drug-likeness (QED) is 0.135. The number of nitrogens with one attached hydrogen (secondary N) is 2. The van der Waals surface area contributed by atoms with Crippen LogP contribution in [0.25, 0.3) is 33.0 Å². The zero-order chi connectivity index (χ0) is 30.1. The van der Waals surface area contributed by atoms with Gasteiger partial charge in [-0.05, 0) is 39.8 Å². The fourth-order valence-electron chi connectivity index (χ4n) is 5.44. The Morgan fingerprint density at radius 3 is 1.55 bits per heavy atom. The standard InChI is InChI=1S/C35H34N2O5/c1-19(2)15-17-26-28(22-11-7-9-13-24(22)36-26)30-33(40)35(42-21(5)38)31(32(39)34(30)41-6)29-23-12-8-10-14-25(23)37-27(29)18-16-20(3)4/h7-16,36-37H,17-18H2,1-6H3. The fraction of sp³-hybridized carbons (Fsp3) is 0.229. The van der Waals surface area contributed by atoms with E-state index in [-0.39, 0.29) is 22.7 Å². The number of methoxy groups -OCH3 is 1. The monoisotopic (exact) mass is 562 g/mol. The van der Waals surface area contributed by atoms with Gasteiger partial charge in [-0.3, -0.25) is 14.4 Å². The highest BCUT2D eigenvalue weighted by molar-refractivity contribution is 6.48. The van der Waals surface area contributed by atoms with Crippen molar-refractivity contribution in [1.82, 2.24) is 9.97 Å². The number of aromatic amines is 2. The number of para-hydroxylation sites is 2. The molecule has 1 aliphatic rings. The average molecular weight is 563 g/mol. The van der Waals surface area contributed by atoms with Crippen LogP contribution in [-0.2, 0) is 36.7 Å². The van der Waals surface area contributed by atoms with E-state index in [1.165, 1.54) is 14.0 Å². The van der Waals surface area contributed by atoms with Gasteiger partial charge in [0.2, 0.25) is 11.6 Å². The first kappa shape index (κ1) is 28.6. The molecule has 0 unspecified atom stereocenters. The van der Waals surface area contributed by atoms with Gasteiger partial charge in [-0.15, -0.1) is 0 Å². The van der Waals surface area contributed by atoms with Crippen molar-refractivity contribution in [3.05, 3.63) is 106 Å². The number of aromatic nitrogens is 2. The van der Waals surface area contributed by atoms with Crippen LogP contribution < -0.4 is 0 Å². The zero-order valence-electron chi connectivity index (χ0n) is 24.7. The number of carbonyl (C=O) groups is 3. The van der Waals surface area contributed by atoms with Gasteiger partial charge in [0.05, 0.1) is 18.3 Å². The van der Waals surface area contributed by atoms with Gasteiger partial charge in [0.1, 0.15) is 0 Å². The summed E-state index contributed by atoms with van der Waals surface area (Å²) in [5.74, 6) is -2.20. The summed E-state index contributed by atoms with van der Waals surface area (Å²) in [6.45, 7) is 9.21. The van der Waals surface area contributed by atoms with Gasteiger partial charge in [0.15, 0.2) is 11.5 Å². The third kappa shape index (κ3) is 5.14. The lowest BCUT2D eigenvalue weighted by atomic mass is 9.83. The van der Waals surface area contributed by atoms with Crippen LogP contribution in [0.2, 0.25) is 0 Å². The summed E-state index contributed by atoms with van der Waals surface area (Å²) >= 11 is 0. The molecule has 0 bridgehead atoms. The highest BCUT2D eigenvalue weighted by Crippen LogP contribution is 2.43. The Morgan fingerprint density at radius 1 is 0.690 bits per heavy atom. The number of Topliss-reactive ketones (excluding diaryl/α,β-unsaturated/α-hetero) is 2. The number of benzene rings is 2. The third-order valence-corrected chi connectivity index (χ3v) is 7.27. The van der Waals surface area contributed by atoms with Gasteiger partial charge in [-0.2, -0.15) is 0 Å². The van der Waals surface area contributed by atoms with Crippen LogP contribution in [0.3, 0.4) is 0 Å².